The van der Waals surface area contributed by atoms with Gasteiger partial charge in [-0.1, -0.05) is 71.9 Å². The highest BCUT2D eigenvalue weighted by Crippen LogP contribution is 2.23. The van der Waals surface area contributed by atoms with E-state index in [1.165, 1.54) is 11.8 Å². The van der Waals surface area contributed by atoms with E-state index < -0.39 is 0 Å². The lowest BCUT2D eigenvalue weighted by Gasteiger charge is -2.13. The Hall–Kier alpha value is -3.29. The van der Waals surface area contributed by atoms with Gasteiger partial charge in [-0.2, -0.15) is 0 Å². The molecule has 3 aromatic carbocycles. The van der Waals surface area contributed by atoms with Gasteiger partial charge in [-0.15, -0.1) is 10.2 Å². The number of rotatable bonds is 9. The summed E-state index contributed by atoms with van der Waals surface area (Å²) in [6.07, 6.45) is 0. The minimum atomic E-state index is -0.0718. The minimum Gasteiger partial charge on any atom is -0.378 e. The number of anilines is 2. The van der Waals surface area contributed by atoms with Crippen LogP contribution in [0.15, 0.2) is 78.0 Å². The van der Waals surface area contributed by atoms with Crippen LogP contribution in [0.3, 0.4) is 0 Å². The van der Waals surface area contributed by atoms with Gasteiger partial charge in [0.05, 0.1) is 18.8 Å². The van der Waals surface area contributed by atoms with Crippen molar-refractivity contribution in [3.63, 3.8) is 0 Å². The van der Waals surface area contributed by atoms with Gasteiger partial charge in [0.15, 0.2) is 11.0 Å². The Bertz CT molecular complexity index is 1240. The molecular weight excluding hydrogens is 466 g/mol. The molecule has 6 nitrogen and oxygen atoms in total. The molecule has 0 spiro atoms. The van der Waals surface area contributed by atoms with Gasteiger partial charge in [0.1, 0.15) is 0 Å². The van der Waals surface area contributed by atoms with E-state index in [9.17, 15) is 4.79 Å². The van der Waals surface area contributed by atoms with Gasteiger partial charge in [0, 0.05) is 16.4 Å². The topological polar surface area (TPSA) is 71.8 Å². The summed E-state index contributed by atoms with van der Waals surface area (Å²) in [7, 11) is 0. The number of benzene rings is 3. The summed E-state index contributed by atoms with van der Waals surface area (Å²) in [6, 6.07) is 23.7. The SMILES string of the molecule is Cc1cccc(C)c1NC(=O)CSc1nnc(CNc2ccc(Cl)cc2)n1Cc1ccccc1. The average Bonchev–Trinajstić information content (AvgIpc) is 3.21. The molecule has 0 unspecified atom stereocenters. The van der Waals surface area contributed by atoms with Crippen molar-refractivity contribution in [3.05, 3.63) is 100 Å². The van der Waals surface area contributed by atoms with Gasteiger partial charge >= 0.3 is 0 Å². The largest absolute Gasteiger partial charge is 0.378 e. The second-order valence-electron chi connectivity index (χ2n) is 7.93. The van der Waals surface area contributed by atoms with Crippen molar-refractivity contribution < 1.29 is 4.79 Å². The van der Waals surface area contributed by atoms with E-state index in [-0.39, 0.29) is 11.7 Å². The van der Waals surface area contributed by atoms with Crippen molar-refractivity contribution in [2.75, 3.05) is 16.4 Å². The molecule has 0 aliphatic carbocycles. The van der Waals surface area contributed by atoms with Gasteiger partial charge in [0.2, 0.25) is 5.91 Å². The Morgan fingerprint density at radius 1 is 0.941 bits per heavy atom. The summed E-state index contributed by atoms with van der Waals surface area (Å²) in [6.45, 7) is 5.10. The molecule has 2 N–H and O–H groups in total. The molecule has 0 radical (unpaired) electrons. The van der Waals surface area contributed by atoms with Crippen molar-refractivity contribution in [1.29, 1.82) is 0 Å². The number of halogens is 1. The first-order valence-electron chi connectivity index (χ1n) is 10.9. The first-order chi connectivity index (χ1) is 16.5. The summed E-state index contributed by atoms with van der Waals surface area (Å²) in [4.78, 5) is 12.7. The van der Waals surface area contributed by atoms with E-state index in [1.54, 1.807) is 0 Å². The smallest absolute Gasteiger partial charge is 0.234 e. The molecule has 4 aromatic rings. The Kier molecular flexibility index (Phi) is 7.87. The van der Waals surface area contributed by atoms with E-state index in [0.717, 1.165) is 33.9 Å². The lowest BCUT2D eigenvalue weighted by Crippen LogP contribution is -2.16. The quantitative estimate of drug-likeness (QED) is 0.283. The van der Waals surface area contributed by atoms with Crippen molar-refractivity contribution in [1.82, 2.24) is 14.8 Å². The van der Waals surface area contributed by atoms with E-state index in [1.807, 2.05) is 74.5 Å². The zero-order valence-electron chi connectivity index (χ0n) is 19.1. The standard InChI is InChI=1S/C26H26ClN5OS/c1-18-7-6-8-19(2)25(18)29-24(33)17-34-26-31-30-23(15-28-22-13-11-21(27)12-14-22)32(26)16-20-9-4-3-5-10-20/h3-14,28H,15-17H2,1-2H3,(H,29,33). The third kappa shape index (κ3) is 6.18. The zero-order chi connectivity index (χ0) is 23.9. The second-order valence-corrected chi connectivity index (χ2v) is 9.31. The fraction of sp³-hybridized carbons (Fsp3) is 0.192. The van der Waals surface area contributed by atoms with Crippen molar-refractivity contribution >= 4 is 40.6 Å². The summed E-state index contributed by atoms with van der Waals surface area (Å²) < 4.78 is 2.05. The number of aromatic nitrogens is 3. The van der Waals surface area contributed by atoms with Gasteiger partial charge < -0.3 is 15.2 Å². The zero-order valence-corrected chi connectivity index (χ0v) is 20.7. The number of nitrogens with one attached hydrogen (secondary N) is 2. The van der Waals surface area contributed by atoms with Crippen LogP contribution in [0.5, 0.6) is 0 Å². The molecule has 34 heavy (non-hydrogen) atoms. The normalized spacial score (nSPS) is 10.8. The summed E-state index contributed by atoms with van der Waals surface area (Å²) in [5, 5.41) is 16.6. The molecule has 4 rings (SSSR count). The summed E-state index contributed by atoms with van der Waals surface area (Å²) >= 11 is 7.37. The van der Waals surface area contributed by atoms with Crippen LogP contribution in [0.25, 0.3) is 0 Å². The van der Waals surface area contributed by atoms with E-state index >= 15 is 0 Å². The maximum Gasteiger partial charge on any atom is 0.234 e. The number of hydrogen-bond donors (Lipinski definition) is 2. The van der Waals surface area contributed by atoms with Crippen molar-refractivity contribution in [2.24, 2.45) is 0 Å². The molecule has 1 amide bonds. The van der Waals surface area contributed by atoms with Crippen LogP contribution in [0, 0.1) is 13.8 Å². The molecule has 0 saturated carbocycles. The fourth-order valence-electron chi connectivity index (χ4n) is 3.55. The Balaban J connectivity index is 1.48. The van der Waals surface area contributed by atoms with Crippen LogP contribution in [0.4, 0.5) is 11.4 Å². The molecule has 174 valence electrons. The lowest BCUT2D eigenvalue weighted by molar-refractivity contribution is -0.113. The van der Waals surface area contributed by atoms with Gasteiger partial charge in [-0.05, 0) is 54.8 Å². The number of hydrogen-bond acceptors (Lipinski definition) is 5. The molecule has 0 bridgehead atoms. The van der Waals surface area contributed by atoms with E-state index in [2.05, 4.69) is 37.5 Å². The maximum absolute atomic E-state index is 12.7. The molecule has 1 heterocycles. The van der Waals surface area contributed by atoms with E-state index in [0.29, 0.717) is 23.3 Å². The highest BCUT2D eigenvalue weighted by molar-refractivity contribution is 7.99. The predicted octanol–water partition coefficient (Wildman–Crippen LogP) is 5.94. The Labute approximate surface area is 208 Å². The molecule has 8 heteroatoms. The van der Waals surface area contributed by atoms with Crippen LogP contribution in [-0.4, -0.2) is 26.4 Å². The van der Waals surface area contributed by atoms with Crippen LogP contribution < -0.4 is 10.6 Å². The first-order valence-corrected chi connectivity index (χ1v) is 12.3. The molecule has 0 atom stereocenters. The number of nitrogens with zero attached hydrogens (tertiary/aromatic N) is 3. The predicted molar refractivity (Wildman–Crippen MR) is 140 cm³/mol. The third-order valence-corrected chi connectivity index (χ3v) is 6.57. The van der Waals surface area contributed by atoms with Crippen molar-refractivity contribution in [2.45, 2.75) is 32.1 Å². The first kappa shape index (κ1) is 23.9. The molecule has 0 fully saturated rings. The average molecular weight is 492 g/mol. The van der Waals surface area contributed by atoms with Crippen molar-refractivity contribution in [3.8, 4) is 0 Å². The number of carbonyl (C=O) groups is 1. The molecular formula is C26H26ClN5OS. The molecule has 1 aromatic heterocycles. The summed E-state index contributed by atoms with van der Waals surface area (Å²) in [5.74, 6) is 0.958. The number of aryl methyl sites for hydroxylation is 2. The monoisotopic (exact) mass is 491 g/mol. The lowest BCUT2D eigenvalue weighted by atomic mass is 10.1. The minimum absolute atomic E-state index is 0.0718. The van der Waals surface area contributed by atoms with Gasteiger partial charge in [0.25, 0.3) is 0 Å². The van der Waals surface area contributed by atoms with Crippen LogP contribution >= 0.6 is 23.4 Å². The molecule has 0 aliphatic heterocycles. The second kappa shape index (κ2) is 11.2. The highest BCUT2D eigenvalue weighted by atomic mass is 35.5. The van der Waals surface area contributed by atoms with E-state index in [4.69, 9.17) is 11.6 Å². The summed E-state index contributed by atoms with van der Waals surface area (Å²) in [5.41, 5.74) is 5.03. The Morgan fingerprint density at radius 2 is 1.65 bits per heavy atom. The fourth-order valence-corrected chi connectivity index (χ4v) is 4.43. The number of para-hydroxylation sites is 1. The maximum atomic E-state index is 12.7. The molecule has 0 saturated heterocycles. The number of carbonyl (C=O) groups excluding carboxylic acids is 1. The van der Waals surface area contributed by atoms with Gasteiger partial charge in [-0.25, -0.2) is 0 Å². The molecule has 0 aliphatic rings. The third-order valence-electron chi connectivity index (χ3n) is 5.35. The van der Waals surface area contributed by atoms with Crippen LogP contribution in [0.1, 0.15) is 22.5 Å². The Morgan fingerprint density at radius 3 is 2.35 bits per heavy atom. The van der Waals surface area contributed by atoms with Crippen LogP contribution in [0.2, 0.25) is 5.02 Å². The number of thioether (sulfide) groups is 1. The highest BCUT2D eigenvalue weighted by Gasteiger charge is 2.16. The number of amides is 1. The van der Waals surface area contributed by atoms with Gasteiger partial charge in [-0.3, -0.25) is 4.79 Å². The van der Waals surface area contributed by atoms with Crippen LogP contribution in [-0.2, 0) is 17.9 Å².